The van der Waals surface area contributed by atoms with Gasteiger partial charge in [-0.3, -0.25) is 9.59 Å². The third kappa shape index (κ3) is 2.86. The standard InChI is InChI=1S/C17H19NO3.C5H11NO2/c1-18-7-6-17-10-3-5-13(20)16(17)21-15-12(19)4-2-9(14(15)17)8-11(10)18;1-3(2)4(6)5(7)8/h2,4,10-11,16,19H,3,5-8H2,1H3;3-4H,6H2,1-2H3,(H,7,8)/t10-,11+,16-,17-;/m0./s1. The van der Waals surface area contributed by atoms with Crippen LogP contribution in [0.2, 0.25) is 0 Å². The SMILES string of the molecule is CC(C)C(N)C(=O)O.CN1CC[C@]23c4c5ccc(O)c4O[C@H]2C(=O)CC[C@H]3[C@H]1C5. The van der Waals surface area contributed by atoms with Crippen molar-refractivity contribution >= 4 is 11.8 Å². The minimum atomic E-state index is -0.931. The summed E-state index contributed by atoms with van der Waals surface area (Å²) in [6.07, 6.45) is 3.18. The first-order valence-electron chi connectivity index (χ1n) is 10.4. The summed E-state index contributed by atoms with van der Waals surface area (Å²) in [5.74, 6) is 0.585. The predicted molar refractivity (Wildman–Crippen MR) is 107 cm³/mol. The molecule has 4 aliphatic rings. The van der Waals surface area contributed by atoms with Crippen LogP contribution in [0, 0.1) is 11.8 Å². The Morgan fingerprint density at radius 3 is 2.72 bits per heavy atom. The van der Waals surface area contributed by atoms with E-state index in [9.17, 15) is 14.7 Å². The number of hydrogen-bond donors (Lipinski definition) is 3. The van der Waals surface area contributed by atoms with Crippen LogP contribution in [0.25, 0.3) is 0 Å². The smallest absolute Gasteiger partial charge is 0.320 e. The van der Waals surface area contributed by atoms with Gasteiger partial charge in [0.2, 0.25) is 0 Å². The number of ether oxygens (including phenoxy) is 1. The van der Waals surface area contributed by atoms with Gasteiger partial charge < -0.3 is 25.6 Å². The Balaban J connectivity index is 0.000000221. The van der Waals surface area contributed by atoms with Crippen molar-refractivity contribution in [2.45, 2.75) is 63.1 Å². The Hall–Kier alpha value is -2.12. The molecule has 2 bridgehead atoms. The highest BCUT2D eigenvalue weighted by atomic mass is 16.5. The lowest BCUT2D eigenvalue weighted by Crippen LogP contribution is -2.65. The second-order valence-corrected chi connectivity index (χ2v) is 9.21. The molecule has 0 radical (unpaired) electrons. The lowest BCUT2D eigenvalue weighted by molar-refractivity contribution is -0.139. The van der Waals surface area contributed by atoms with Crippen LogP contribution in [0.1, 0.15) is 44.2 Å². The molecule has 7 nitrogen and oxygen atoms in total. The van der Waals surface area contributed by atoms with Crippen molar-refractivity contribution in [1.82, 2.24) is 4.90 Å². The number of aliphatic carboxylic acids is 1. The summed E-state index contributed by atoms with van der Waals surface area (Å²) >= 11 is 0. The zero-order valence-electron chi connectivity index (χ0n) is 17.2. The number of nitrogens with zero attached hydrogens (tertiary/aromatic N) is 1. The third-order valence-corrected chi connectivity index (χ3v) is 7.39. The van der Waals surface area contributed by atoms with Gasteiger partial charge in [-0.1, -0.05) is 19.9 Å². The van der Waals surface area contributed by atoms with Gasteiger partial charge in [0.25, 0.3) is 0 Å². The number of likely N-dealkylation sites (tertiary alicyclic amines) is 1. The highest BCUT2D eigenvalue weighted by Crippen LogP contribution is 2.62. The molecule has 7 heteroatoms. The number of carboxylic acid groups (broad SMARTS) is 1. The minimum Gasteiger partial charge on any atom is -0.504 e. The number of ketones is 1. The van der Waals surface area contributed by atoms with E-state index in [1.807, 2.05) is 6.07 Å². The molecule has 1 spiro atoms. The van der Waals surface area contributed by atoms with Crippen LogP contribution in [-0.2, 0) is 21.4 Å². The van der Waals surface area contributed by atoms with Crippen LogP contribution in [0.5, 0.6) is 11.5 Å². The zero-order valence-corrected chi connectivity index (χ0v) is 17.2. The van der Waals surface area contributed by atoms with Gasteiger partial charge in [-0.2, -0.15) is 0 Å². The molecule has 1 aromatic rings. The van der Waals surface area contributed by atoms with Crippen molar-refractivity contribution in [1.29, 1.82) is 0 Å². The Labute approximate surface area is 170 Å². The fourth-order valence-corrected chi connectivity index (χ4v) is 5.81. The number of carbonyl (C=O) groups is 2. The maximum Gasteiger partial charge on any atom is 0.320 e. The number of phenols is 1. The van der Waals surface area contributed by atoms with Gasteiger partial charge >= 0.3 is 5.97 Å². The van der Waals surface area contributed by atoms with Crippen LogP contribution in [0.3, 0.4) is 0 Å². The first-order valence-corrected chi connectivity index (χ1v) is 10.4. The fourth-order valence-electron chi connectivity index (χ4n) is 5.81. The average Bonchev–Trinajstić information content (AvgIpc) is 3.03. The topological polar surface area (TPSA) is 113 Å². The second kappa shape index (κ2) is 6.99. The number of carboxylic acids is 1. The minimum absolute atomic E-state index is 0.0208. The van der Waals surface area contributed by atoms with Gasteiger partial charge in [-0.15, -0.1) is 0 Å². The Kier molecular flexibility index (Phi) is 4.86. The van der Waals surface area contributed by atoms with Crippen LogP contribution < -0.4 is 10.5 Å². The summed E-state index contributed by atoms with van der Waals surface area (Å²) in [7, 11) is 2.20. The maximum atomic E-state index is 12.5. The normalized spacial score (nSPS) is 32.7. The monoisotopic (exact) mass is 402 g/mol. The van der Waals surface area contributed by atoms with Crippen molar-refractivity contribution in [3.63, 3.8) is 0 Å². The van der Waals surface area contributed by atoms with E-state index in [0.717, 1.165) is 31.4 Å². The van der Waals surface area contributed by atoms with E-state index in [1.54, 1.807) is 19.9 Å². The number of phenolic OH excluding ortho intramolecular Hbond substituents is 1. The number of hydrogen-bond acceptors (Lipinski definition) is 6. The molecule has 1 unspecified atom stereocenters. The van der Waals surface area contributed by atoms with Crippen molar-refractivity contribution in [2.24, 2.45) is 17.6 Å². The molecule has 0 aromatic heterocycles. The van der Waals surface area contributed by atoms with E-state index in [2.05, 4.69) is 11.9 Å². The summed E-state index contributed by atoms with van der Waals surface area (Å²) in [6.45, 7) is 4.56. The molecular formula is C22H30N2O5. The van der Waals surface area contributed by atoms with Crippen LogP contribution in [-0.4, -0.2) is 58.6 Å². The molecule has 29 heavy (non-hydrogen) atoms. The highest BCUT2D eigenvalue weighted by molar-refractivity contribution is 5.89. The largest absolute Gasteiger partial charge is 0.504 e. The van der Waals surface area contributed by atoms with E-state index < -0.39 is 12.0 Å². The molecule has 2 heterocycles. The summed E-state index contributed by atoms with van der Waals surface area (Å²) in [5, 5.41) is 18.4. The Morgan fingerprint density at radius 2 is 2.10 bits per heavy atom. The zero-order chi connectivity index (χ0) is 21.1. The number of benzene rings is 1. The van der Waals surface area contributed by atoms with Crippen LogP contribution >= 0.6 is 0 Å². The fraction of sp³-hybridized carbons (Fsp3) is 0.636. The molecular weight excluding hydrogens is 372 g/mol. The Bertz CT molecular complexity index is 854. The lowest BCUT2D eigenvalue weighted by Gasteiger charge is -2.57. The number of carbonyl (C=O) groups excluding carboxylic acids is 1. The van der Waals surface area contributed by atoms with E-state index >= 15 is 0 Å². The number of likely N-dealkylation sites (N-methyl/N-ethyl adjacent to an activating group) is 1. The molecule has 1 aromatic carbocycles. The van der Waals surface area contributed by atoms with Gasteiger partial charge in [-0.25, -0.2) is 0 Å². The van der Waals surface area contributed by atoms with E-state index in [4.69, 9.17) is 15.6 Å². The molecule has 2 fully saturated rings. The van der Waals surface area contributed by atoms with E-state index in [1.165, 1.54) is 5.56 Å². The quantitative estimate of drug-likeness (QED) is 0.690. The summed E-state index contributed by atoms with van der Waals surface area (Å²) in [4.78, 5) is 25.0. The first-order chi connectivity index (χ1) is 13.7. The van der Waals surface area contributed by atoms with Crippen LogP contribution in [0.15, 0.2) is 12.1 Å². The van der Waals surface area contributed by atoms with Gasteiger partial charge in [0.15, 0.2) is 23.4 Å². The first kappa shape index (κ1) is 20.2. The molecule has 5 rings (SSSR count). The third-order valence-electron chi connectivity index (χ3n) is 7.39. The van der Waals surface area contributed by atoms with Crippen molar-refractivity contribution in [3.8, 4) is 11.5 Å². The maximum absolute atomic E-state index is 12.5. The summed E-state index contributed by atoms with van der Waals surface area (Å²) < 4.78 is 6.04. The number of nitrogens with two attached hydrogens (primary N) is 1. The lowest BCUT2D eigenvalue weighted by atomic mass is 9.52. The number of piperidine rings is 1. The molecule has 0 amide bonds. The van der Waals surface area contributed by atoms with Crippen molar-refractivity contribution in [3.05, 3.63) is 23.3 Å². The second-order valence-electron chi connectivity index (χ2n) is 9.21. The summed E-state index contributed by atoms with van der Waals surface area (Å²) in [6, 6.07) is 3.54. The highest BCUT2D eigenvalue weighted by Gasteiger charge is 2.65. The molecule has 1 saturated carbocycles. The van der Waals surface area contributed by atoms with Crippen molar-refractivity contribution in [2.75, 3.05) is 13.6 Å². The molecule has 1 saturated heterocycles. The average molecular weight is 402 g/mol. The molecule has 5 atom stereocenters. The number of Topliss-reactive ketones (excluding diaryl/α,β-unsaturated/α-hetero) is 1. The number of rotatable bonds is 2. The van der Waals surface area contributed by atoms with Gasteiger partial charge in [0.05, 0.1) is 0 Å². The van der Waals surface area contributed by atoms with Crippen molar-refractivity contribution < 1.29 is 24.5 Å². The van der Waals surface area contributed by atoms with Gasteiger partial charge in [0, 0.05) is 23.4 Å². The van der Waals surface area contributed by atoms with E-state index in [0.29, 0.717) is 24.1 Å². The Morgan fingerprint density at radius 1 is 1.38 bits per heavy atom. The molecule has 2 aliphatic carbocycles. The summed E-state index contributed by atoms with van der Waals surface area (Å²) in [5.41, 5.74) is 7.42. The van der Waals surface area contributed by atoms with E-state index in [-0.39, 0.29) is 29.0 Å². The van der Waals surface area contributed by atoms with Gasteiger partial charge in [0.1, 0.15) is 6.04 Å². The molecule has 4 N–H and O–H groups in total. The van der Waals surface area contributed by atoms with Gasteiger partial charge in [-0.05, 0) is 56.3 Å². The number of aromatic hydroxyl groups is 1. The predicted octanol–water partition coefficient (Wildman–Crippen LogP) is 1.68. The van der Waals surface area contributed by atoms with Crippen LogP contribution in [0.4, 0.5) is 0 Å². The molecule has 158 valence electrons. The molecule has 2 aliphatic heterocycles.